The number of hydrogen-bond donors (Lipinski definition) is 0. The first-order chi connectivity index (χ1) is 7.57. The summed E-state index contributed by atoms with van der Waals surface area (Å²) in [5.74, 6) is 3.30. The first-order valence-corrected chi connectivity index (χ1v) is 7.55. The van der Waals surface area contributed by atoms with Gasteiger partial charge in [-0.25, -0.2) is 0 Å². The van der Waals surface area contributed by atoms with E-state index in [4.69, 9.17) is 0 Å². The highest BCUT2D eigenvalue weighted by atomic mass is 32.2. The van der Waals surface area contributed by atoms with Gasteiger partial charge in [-0.2, -0.15) is 11.8 Å². The second kappa shape index (κ2) is 5.09. The summed E-state index contributed by atoms with van der Waals surface area (Å²) in [4.78, 5) is 14.4. The van der Waals surface area contributed by atoms with Gasteiger partial charge in [0.15, 0.2) is 0 Å². The molecule has 2 fully saturated rings. The van der Waals surface area contributed by atoms with E-state index in [2.05, 4.69) is 18.7 Å². The number of nitrogens with zero attached hydrogens (tertiary/aromatic N) is 1. The molecule has 1 atom stereocenters. The normalized spacial score (nSPS) is 31.6. The predicted molar refractivity (Wildman–Crippen MR) is 69.9 cm³/mol. The minimum atomic E-state index is 0.312. The number of carbonyl (C=O) groups is 1. The monoisotopic (exact) mass is 241 g/mol. The van der Waals surface area contributed by atoms with E-state index in [-0.39, 0.29) is 0 Å². The Kier molecular flexibility index (Phi) is 3.96. The van der Waals surface area contributed by atoms with Gasteiger partial charge in [-0.05, 0) is 18.3 Å². The van der Waals surface area contributed by atoms with Crippen molar-refractivity contribution in [1.29, 1.82) is 0 Å². The van der Waals surface area contributed by atoms with Gasteiger partial charge in [-0.1, -0.05) is 13.8 Å². The molecule has 0 aromatic rings. The standard InChI is InChI=1S/C13H23NOS/c1-13(2)4-3-12(15)11(9-13)10-14-5-7-16-8-6-14/h11H,3-10H2,1-2H3. The van der Waals surface area contributed by atoms with Crippen LogP contribution >= 0.6 is 11.8 Å². The average molecular weight is 241 g/mol. The molecule has 0 amide bonds. The highest BCUT2D eigenvalue weighted by molar-refractivity contribution is 7.99. The molecule has 2 aliphatic rings. The second-order valence-electron chi connectivity index (χ2n) is 5.94. The maximum absolute atomic E-state index is 11.9. The van der Waals surface area contributed by atoms with E-state index in [0.29, 0.717) is 17.1 Å². The van der Waals surface area contributed by atoms with Crippen LogP contribution in [0.15, 0.2) is 0 Å². The van der Waals surface area contributed by atoms with Gasteiger partial charge >= 0.3 is 0 Å². The molecule has 1 heterocycles. The van der Waals surface area contributed by atoms with E-state index in [1.54, 1.807) is 0 Å². The Morgan fingerprint density at radius 1 is 1.38 bits per heavy atom. The Morgan fingerprint density at radius 3 is 2.75 bits per heavy atom. The summed E-state index contributed by atoms with van der Waals surface area (Å²) < 4.78 is 0. The molecule has 0 aromatic carbocycles. The van der Waals surface area contributed by atoms with Crippen LogP contribution in [0.5, 0.6) is 0 Å². The number of rotatable bonds is 2. The molecule has 16 heavy (non-hydrogen) atoms. The van der Waals surface area contributed by atoms with Gasteiger partial charge in [-0.3, -0.25) is 4.79 Å². The molecule has 0 N–H and O–H groups in total. The fourth-order valence-corrected chi connectivity index (χ4v) is 3.79. The molecule has 3 heteroatoms. The molecule has 1 aliphatic carbocycles. The third kappa shape index (κ3) is 3.24. The van der Waals surface area contributed by atoms with Gasteiger partial charge in [0, 0.05) is 43.5 Å². The van der Waals surface area contributed by atoms with Crippen molar-refractivity contribution in [2.75, 3.05) is 31.1 Å². The van der Waals surface area contributed by atoms with Crippen LogP contribution in [0.4, 0.5) is 0 Å². The third-order valence-electron chi connectivity index (χ3n) is 3.88. The Labute approximate surface area is 103 Å². The van der Waals surface area contributed by atoms with Crippen molar-refractivity contribution in [3.8, 4) is 0 Å². The lowest BCUT2D eigenvalue weighted by Crippen LogP contribution is -2.42. The van der Waals surface area contributed by atoms with E-state index in [9.17, 15) is 4.79 Å². The zero-order chi connectivity index (χ0) is 11.6. The van der Waals surface area contributed by atoms with Crippen LogP contribution < -0.4 is 0 Å². The molecule has 1 saturated carbocycles. The maximum atomic E-state index is 11.9. The zero-order valence-corrected chi connectivity index (χ0v) is 11.3. The lowest BCUT2D eigenvalue weighted by Gasteiger charge is -2.37. The van der Waals surface area contributed by atoms with Crippen molar-refractivity contribution in [3.05, 3.63) is 0 Å². The summed E-state index contributed by atoms with van der Waals surface area (Å²) in [6.07, 6.45) is 2.98. The molecular formula is C13H23NOS. The summed E-state index contributed by atoms with van der Waals surface area (Å²) in [5, 5.41) is 0. The van der Waals surface area contributed by atoms with Gasteiger partial charge in [0.1, 0.15) is 5.78 Å². The first-order valence-electron chi connectivity index (χ1n) is 6.40. The van der Waals surface area contributed by atoms with Crippen LogP contribution in [0.2, 0.25) is 0 Å². The topological polar surface area (TPSA) is 20.3 Å². The molecular weight excluding hydrogens is 218 g/mol. The first kappa shape index (κ1) is 12.4. The highest BCUT2D eigenvalue weighted by Gasteiger charge is 2.34. The molecule has 0 radical (unpaired) electrons. The number of ketones is 1. The largest absolute Gasteiger partial charge is 0.301 e. The highest BCUT2D eigenvalue weighted by Crippen LogP contribution is 2.37. The van der Waals surface area contributed by atoms with Gasteiger partial charge in [0.05, 0.1) is 0 Å². The predicted octanol–water partition coefficient (Wildman–Crippen LogP) is 2.43. The van der Waals surface area contributed by atoms with E-state index >= 15 is 0 Å². The molecule has 0 spiro atoms. The summed E-state index contributed by atoms with van der Waals surface area (Å²) >= 11 is 2.03. The van der Waals surface area contributed by atoms with Gasteiger partial charge in [0.2, 0.25) is 0 Å². The van der Waals surface area contributed by atoms with E-state index < -0.39 is 0 Å². The van der Waals surface area contributed by atoms with Gasteiger partial charge in [0.25, 0.3) is 0 Å². The van der Waals surface area contributed by atoms with Crippen LogP contribution in [0.3, 0.4) is 0 Å². The summed E-state index contributed by atoms with van der Waals surface area (Å²) in [6.45, 7) is 7.98. The smallest absolute Gasteiger partial charge is 0.137 e. The van der Waals surface area contributed by atoms with Crippen molar-refractivity contribution in [2.45, 2.75) is 33.1 Å². The van der Waals surface area contributed by atoms with Gasteiger partial charge in [-0.15, -0.1) is 0 Å². The molecule has 1 saturated heterocycles. The quantitative estimate of drug-likeness (QED) is 0.740. The summed E-state index contributed by atoms with van der Waals surface area (Å²) in [6, 6.07) is 0. The minimum absolute atomic E-state index is 0.312. The number of Topliss-reactive ketones (excluding diaryl/α,β-unsaturated/α-hetero) is 1. The minimum Gasteiger partial charge on any atom is -0.301 e. The Morgan fingerprint density at radius 2 is 2.06 bits per heavy atom. The molecule has 2 nitrogen and oxygen atoms in total. The fraction of sp³-hybridized carbons (Fsp3) is 0.923. The molecule has 92 valence electrons. The number of hydrogen-bond acceptors (Lipinski definition) is 3. The molecule has 0 bridgehead atoms. The molecule has 2 rings (SSSR count). The zero-order valence-electron chi connectivity index (χ0n) is 10.5. The van der Waals surface area contributed by atoms with Crippen LogP contribution in [0, 0.1) is 11.3 Å². The average Bonchev–Trinajstić information content (AvgIpc) is 2.25. The summed E-state index contributed by atoms with van der Waals surface area (Å²) in [5.41, 5.74) is 0.378. The van der Waals surface area contributed by atoms with Crippen molar-refractivity contribution in [3.63, 3.8) is 0 Å². The lowest BCUT2D eigenvalue weighted by molar-refractivity contribution is -0.127. The van der Waals surface area contributed by atoms with Gasteiger partial charge < -0.3 is 4.90 Å². The van der Waals surface area contributed by atoms with Crippen LogP contribution in [-0.4, -0.2) is 41.8 Å². The maximum Gasteiger partial charge on any atom is 0.137 e. The Hall–Kier alpha value is -0.0200. The third-order valence-corrected chi connectivity index (χ3v) is 4.83. The SMILES string of the molecule is CC1(C)CCC(=O)C(CN2CCSCC2)C1. The van der Waals surface area contributed by atoms with E-state index in [0.717, 1.165) is 25.8 Å². The molecule has 0 aromatic heterocycles. The van der Waals surface area contributed by atoms with E-state index in [1.807, 2.05) is 11.8 Å². The molecule has 1 aliphatic heterocycles. The van der Waals surface area contributed by atoms with Crippen molar-refractivity contribution < 1.29 is 4.79 Å². The second-order valence-corrected chi connectivity index (χ2v) is 7.17. The van der Waals surface area contributed by atoms with Crippen molar-refractivity contribution >= 4 is 17.5 Å². The Balaban J connectivity index is 1.89. The number of thioether (sulfide) groups is 1. The number of carbonyl (C=O) groups excluding carboxylic acids is 1. The fourth-order valence-electron chi connectivity index (χ4n) is 2.81. The van der Waals surface area contributed by atoms with Crippen molar-refractivity contribution in [1.82, 2.24) is 4.90 Å². The van der Waals surface area contributed by atoms with Crippen molar-refractivity contribution in [2.24, 2.45) is 11.3 Å². The van der Waals surface area contributed by atoms with Crippen LogP contribution in [0.1, 0.15) is 33.1 Å². The summed E-state index contributed by atoms with van der Waals surface area (Å²) in [7, 11) is 0. The van der Waals surface area contributed by atoms with E-state index in [1.165, 1.54) is 24.6 Å². The Bertz CT molecular complexity index is 259. The lowest BCUT2D eigenvalue weighted by atomic mass is 9.71. The van der Waals surface area contributed by atoms with Crippen LogP contribution in [-0.2, 0) is 4.79 Å². The molecule has 1 unspecified atom stereocenters. The van der Waals surface area contributed by atoms with Crippen LogP contribution in [0.25, 0.3) is 0 Å².